The number of halogens is 4. The molecule has 10 heteroatoms. The van der Waals surface area contributed by atoms with E-state index in [-0.39, 0.29) is 18.8 Å². The quantitative estimate of drug-likeness (QED) is 0.534. The fourth-order valence-electron chi connectivity index (χ4n) is 1.70. The van der Waals surface area contributed by atoms with Gasteiger partial charge < -0.3 is 14.4 Å². The summed E-state index contributed by atoms with van der Waals surface area (Å²) in [7, 11) is -3.94. The zero-order chi connectivity index (χ0) is 17.7. The Labute approximate surface area is 148 Å². The first-order chi connectivity index (χ1) is 10.6. The molecule has 0 aliphatic rings. The van der Waals surface area contributed by atoms with Crippen LogP contribution in [0.1, 0.15) is 24.2 Å². The molecule has 0 heterocycles. The van der Waals surface area contributed by atoms with Crippen molar-refractivity contribution in [1.82, 2.24) is 5.32 Å². The lowest BCUT2D eigenvalue weighted by Crippen LogP contribution is -2.44. The van der Waals surface area contributed by atoms with E-state index in [2.05, 4.69) is 5.32 Å². The Morgan fingerprint density at radius 3 is 2.09 bits per heavy atom. The summed E-state index contributed by atoms with van der Waals surface area (Å²) >= 11 is 17.5. The maximum absolute atomic E-state index is 12.9. The standard InChI is InChI=1S/C13H16Cl3FNO4P/c1-3-21-23(20,22-4-2)12(13(14,15)16)18-11(19)9-5-7-10(17)8-6-9/h5-8,12H,3-4H2,1-2H3,(H,18,19)/t12-/m0/s1. The normalized spacial score (nSPS) is 13.7. The number of alkyl halides is 3. The van der Waals surface area contributed by atoms with Gasteiger partial charge in [-0.25, -0.2) is 4.39 Å². The van der Waals surface area contributed by atoms with Crippen molar-refractivity contribution in [3.05, 3.63) is 35.6 Å². The molecule has 23 heavy (non-hydrogen) atoms. The van der Waals surface area contributed by atoms with Gasteiger partial charge in [0.15, 0.2) is 5.78 Å². The van der Waals surface area contributed by atoms with Crippen molar-refractivity contribution in [3.8, 4) is 0 Å². The van der Waals surface area contributed by atoms with Crippen LogP contribution in [0.4, 0.5) is 4.39 Å². The fourth-order valence-corrected chi connectivity index (χ4v) is 4.66. The molecular formula is C13H16Cl3FNO4P. The Kier molecular flexibility index (Phi) is 7.78. The zero-order valence-corrected chi connectivity index (χ0v) is 15.6. The molecule has 1 amide bonds. The molecule has 1 atom stereocenters. The van der Waals surface area contributed by atoms with E-state index in [1.165, 1.54) is 12.1 Å². The highest BCUT2D eigenvalue weighted by molar-refractivity contribution is 7.55. The van der Waals surface area contributed by atoms with Crippen molar-refractivity contribution in [3.63, 3.8) is 0 Å². The van der Waals surface area contributed by atoms with Crippen molar-refractivity contribution in [2.75, 3.05) is 13.2 Å². The molecule has 1 N–H and O–H groups in total. The summed E-state index contributed by atoms with van der Waals surface area (Å²) in [6, 6.07) is 4.69. The van der Waals surface area contributed by atoms with Gasteiger partial charge in [0, 0.05) is 5.56 Å². The molecule has 0 spiro atoms. The van der Waals surface area contributed by atoms with Crippen LogP contribution in [0.3, 0.4) is 0 Å². The Balaban J connectivity index is 3.09. The van der Waals surface area contributed by atoms with Crippen LogP contribution >= 0.6 is 42.4 Å². The fraction of sp³-hybridized carbons (Fsp3) is 0.462. The summed E-state index contributed by atoms with van der Waals surface area (Å²) in [5.41, 5.74) is 0.102. The van der Waals surface area contributed by atoms with Gasteiger partial charge in [0.1, 0.15) is 5.82 Å². The lowest BCUT2D eigenvalue weighted by Gasteiger charge is -2.31. The number of carbonyl (C=O) groups is 1. The molecule has 0 fully saturated rings. The minimum Gasteiger partial charge on any atom is -0.334 e. The predicted octanol–water partition coefficient (Wildman–Crippen LogP) is 4.52. The van der Waals surface area contributed by atoms with Gasteiger partial charge in [-0.05, 0) is 38.1 Å². The van der Waals surface area contributed by atoms with Gasteiger partial charge in [-0.1, -0.05) is 34.8 Å². The van der Waals surface area contributed by atoms with E-state index in [4.69, 9.17) is 43.9 Å². The van der Waals surface area contributed by atoms with Crippen LogP contribution in [0.2, 0.25) is 0 Å². The van der Waals surface area contributed by atoms with E-state index in [0.717, 1.165) is 12.1 Å². The first kappa shape index (κ1) is 20.7. The maximum Gasteiger partial charge on any atom is 0.357 e. The first-order valence-electron chi connectivity index (χ1n) is 6.66. The second kappa shape index (κ2) is 8.65. The van der Waals surface area contributed by atoms with E-state index >= 15 is 0 Å². The van der Waals surface area contributed by atoms with Crippen molar-refractivity contribution < 1.29 is 22.8 Å². The summed E-state index contributed by atoms with van der Waals surface area (Å²) in [5, 5.41) is 2.33. The molecule has 0 aliphatic carbocycles. The van der Waals surface area contributed by atoms with E-state index in [0.29, 0.717) is 0 Å². The summed E-state index contributed by atoms with van der Waals surface area (Å²) in [6.45, 7) is 3.23. The third kappa shape index (κ3) is 5.89. The molecule has 0 aromatic heterocycles. The van der Waals surface area contributed by atoms with Gasteiger partial charge in [0.2, 0.25) is 3.79 Å². The topological polar surface area (TPSA) is 64.6 Å². The average molecular weight is 407 g/mol. The Morgan fingerprint density at radius 2 is 1.70 bits per heavy atom. The third-order valence-corrected chi connectivity index (χ3v) is 6.11. The van der Waals surface area contributed by atoms with Crippen LogP contribution in [0.15, 0.2) is 24.3 Å². The van der Waals surface area contributed by atoms with Crippen molar-refractivity contribution >= 4 is 48.3 Å². The van der Waals surface area contributed by atoms with Gasteiger partial charge in [-0.2, -0.15) is 0 Å². The second-order valence-electron chi connectivity index (χ2n) is 4.30. The highest BCUT2D eigenvalue weighted by atomic mass is 35.6. The lowest BCUT2D eigenvalue weighted by atomic mass is 10.2. The molecule has 0 saturated carbocycles. The molecule has 1 aromatic rings. The minimum absolute atomic E-state index is 0.0287. The largest absolute Gasteiger partial charge is 0.357 e. The maximum atomic E-state index is 12.9. The summed E-state index contributed by atoms with van der Waals surface area (Å²) in [4.78, 5) is 12.2. The molecule has 5 nitrogen and oxygen atoms in total. The number of rotatable bonds is 7. The molecule has 1 aromatic carbocycles. The molecule has 0 radical (unpaired) electrons. The zero-order valence-electron chi connectivity index (χ0n) is 12.4. The number of benzene rings is 1. The number of hydrogen-bond donors (Lipinski definition) is 1. The van der Waals surface area contributed by atoms with Crippen LogP contribution in [0.25, 0.3) is 0 Å². The van der Waals surface area contributed by atoms with Gasteiger partial charge in [0.05, 0.1) is 13.2 Å². The van der Waals surface area contributed by atoms with E-state index in [1.54, 1.807) is 13.8 Å². The van der Waals surface area contributed by atoms with E-state index < -0.39 is 28.9 Å². The first-order valence-corrected chi connectivity index (χ1v) is 9.40. The minimum atomic E-state index is -3.94. The van der Waals surface area contributed by atoms with E-state index in [1.807, 2.05) is 0 Å². The molecule has 1 rings (SSSR count). The Morgan fingerprint density at radius 1 is 1.22 bits per heavy atom. The summed E-state index contributed by atoms with van der Waals surface area (Å²) < 4.78 is 33.8. The van der Waals surface area contributed by atoms with Gasteiger partial charge in [-0.15, -0.1) is 0 Å². The summed E-state index contributed by atoms with van der Waals surface area (Å²) in [5.74, 6) is -2.74. The molecule has 0 saturated heterocycles. The predicted molar refractivity (Wildman–Crippen MR) is 88.8 cm³/mol. The van der Waals surface area contributed by atoms with Gasteiger partial charge >= 0.3 is 7.60 Å². The number of carbonyl (C=O) groups excluding carboxylic acids is 1. The molecule has 130 valence electrons. The van der Waals surface area contributed by atoms with Crippen LogP contribution in [-0.4, -0.2) is 28.7 Å². The highest BCUT2D eigenvalue weighted by Crippen LogP contribution is 2.58. The Hall–Kier alpha value is -0.360. The SMILES string of the molecule is CCOP(=O)(OCC)[C@H](NC(=O)c1ccc(F)cc1)C(Cl)(Cl)Cl. The van der Waals surface area contributed by atoms with Crippen LogP contribution in [-0.2, 0) is 13.6 Å². The monoisotopic (exact) mass is 405 g/mol. The lowest BCUT2D eigenvalue weighted by molar-refractivity contribution is 0.0938. The Bertz CT molecular complexity index is 570. The summed E-state index contributed by atoms with van der Waals surface area (Å²) in [6.07, 6.45) is 0. The van der Waals surface area contributed by atoms with Crippen LogP contribution < -0.4 is 5.32 Å². The van der Waals surface area contributed by atoms with Crippen LogP contribution in [0, 0.1) is 5.82 Å². The molecule has 0 aliphatic heterocycles. The smallest absolute Gasteiger partial charge is 0.334 e. The van der Waals surface area contributed by atoms with Crippen molar-refractivity contribution in [2.24, 2.45) is 0 Å². The molecular weight excluding hydrogens is 390 g/mol. The van der Waals surface area contributed by atoms with Crippen molar-refractivity contribution in [1.29, 1.82) is 0 Å². The van der Waals surface area contributed by atoms with Gasteiger partial charge in [-0.3, -0.25) is 9.36 Å². The third-order valence-electron chi connectivity index (χ3n) is 2.62. The van der Waals surface area contributed by atoms with Crippen LogP contribution in [0.5, 0.6) is 0 Å². The number of amides is 1. The number of hydrogen-bond acceptors (Lipinski definition) is 4. The molecule has 0 unspecified atom stereocenters. The second-order valence-corrected chi connectivity index (χ2v) is 8.78. The van der Waals surface area contributed by atoms with Gasteiger partial charge in [0.25, 0.3) is 5.91 Å². The average Bonchev–Trinajstić information content (AvgIpc) is 2.44. The molecule has 0 bridgehead atoms. The number of nitrogens with one attached hydrogen (secondary N) is 1. The van der Waals surface area contributed by atoms with Crippen molar-refractivity contribution in [2.45, 2.75) is 23.4 Å². The van der Waals surface area contributed by atoms with E-state index in [9.17, 15) is 13.8 Å². The highest BCUT2D eigenvalue weighted by Gasteiger charge is 2.49.